The van der Waals surface area contributed by atoms with Crippen LogP contribution in [0.5, 0.6) is 0 Å². The largest absolute Gasteiger partial charge is 0.388 e. The minimum atomic E-state index is 0.387. The van der Waals surface area contributed by atoms with Crippen molar-refractivity contribution in [3.05, 3.63) is 24.0 Å². The van der Waals surface area contributed by atoms with Crippen molar-refractivity contribution in [2.45, 2.75) is 26.2 Å². The summed E-state index contributed by atoms with van der Waals surface area (Å²) in [5, 5.41) is 0. The zero-order valence-electron chi connectivity index (χ0n) is 10.2. The third-order valence-electron chi connectivity index (χ3n) is 3.55. The molecule has 1 aromatic heterocycles. The van der Waals surface area contributed by atoms with E-state index >= 15 is 0 Å². The third-order valence-corrected chi connectivity index (χ3v) is 3.75. The van der Waals surface area contributed by atoms with E-state index in [4.69, 9.17) is 18.0 Å². The molecule has 2 rings (SSSR count). The van der Waals surface area contributed by atoms with Gasteiger partial charge in [0.15, 0.2) is 0 Å². The van der Waals surface area contributed by atoms with Gasteiger partial charge in [0.05, 0.1) is 5.69 Å². The van der Waals surface area contributed by atoms with Gasteiger partial charge in [-0.3, -0.25) is 4.98 Å². The quantitative estimate of drug-likeness (QED) is 0.835. The molecule has 4 heteroatoms. The number of hydrogen-bond acceptors (Lipinski definition) is 3. The highest BCUT2D eigenvalue weighted by Crippen LogP contribution is 2.26. The summed E-state index contributed by atoms with van der Waals surface area (Å²) in [6, 6.07) is 4.01. The summed E-state index contributed by atoms with van der Waals surface area (Å²) >= 11 is 5.05. The molecule has 0 spiro atoms. The Morgan fingerprint density at radius 3 is 2.82 bits per heavy atom. The van der Waals surface area contributed by atoms with E-state index in [0.717, 1.165) is 30.4 Å². The van der Waals surface area contributed by atoms with Crippen molar-refractivity contribution >= 4 is 22.9 Å². The highest BCUT2D eigenvalue weighted by molar-refractivity contribution is 7.80. The van der Waals surface area contributed by atoms with Gasteiger partial charge in [-0.05, 0) is 30.9 Å². The molecule has 0 aromatic carbocycles. The van der Waals surface area contributed by atoms with Crippen LogP contribution >= 0.6 is 12.2 Å². The first kappa shape index (κ1) is 12.3. The molecule has 1 fully saturated rings. The zero-order valence-corrected chi connectivity index (χ0v) is 11.0. The lowest BCUT2D eigenvalue weighted by molar-refractivity contribution is 0.395. The van der Waals surface area contributed by atoms with E-state index in [1.54, 1.807) is 6.20 Å². The topological polar surface area (TPSA) is 42.2 Å². The van der Waals surface area contributed by atoms with Crippen LogP contribution < -0.4 is 10.6 Å². The first-order valence-electron chi connectivity index (χ1n) is 6.22. The zero-order chi connectivity index (χ0) is 12.3. The maximum absolute atomic E-state index is 5.72. The number of piperidine rings is 1. The number of aromatic nitrogens is 1. The average Bonchev–Trinajstić information content (AvgIpc) is 2.39. The van der Waals surface area contributed by atoms with Gasteiger partial charge >= 0.3 is 0 Å². The predicted molar refractivity (Wildman–Crippen MR) is 75.4 cm³/mol. The molecule has 0 aliphatic carbocycles. The minimum absolute atomic E-state index is 0.387. The van der Waals surface area contributed by atoms with Crippen LogP contribution in [-0.2, 0) is 0 Å². The van der Waals surface area contributed by atoms with Crippen molar-refractivity contribution in [3.8, 4) is 0 Å². The molecule has 0 unspecified atom stereocenters. The average molecular weight is 249 g/mol. The fourth-order valence-electron chi connectivity index (χ4n) is 2.42. The summed E-state index contributed by atoms with van der Waals surface area (Å²) in [5.41, 5.74) is 7.57. The summed E-state index contributed by atoms with van der Waals surface area (Å²) in [4.78, 5) is 7.03. The second kappa shape index (κ2) is 5.45. The van der Waals surface area contributed by atoms with Gasteiger partial charge in [-0.1, -0.05) is 25.6 Å². The standard InChI is InChI=1S/C13H19N3S/c1-2-10-5-8-16(9-6-10)11-4-3-7-15-12(11)13(14)17/h3-4,7,10H,2,5-6,8-9H2,1H3,(H2,14,17). The van der Waals surface area contributed by atoms with Crippen molar-refractivity contribution in [1.29, 1.82) is 0 Å². The molecule has 1 aliphatic rings. The van der Waals surface area contributed by atoms with Gasteiger partial charge in [0.1, 0.15) is 10.7 Å². The van der Waals surface area contributed by atoms with Gasteiger partial charge in [-0.2, -0.15) is 0 Å². The fraction of sp³-hybridized carbons (Fsp3) is 0.538. The van der Waals surface area contributed by atoms with Crippen LogP contribution in [-0.4, -0.2) is 23.1 Å². The Morgan fingerprint density at radius 1 is 1.53 bits per heavy atom. The Hall–Kier alpha value is -1.16. The Bertz CT molecular complexity index is 397. The summed E-state index contributed by atoms with van der Waals surface area (Å²) in [6.45, 7) is 4.43. The molecule has 2 heterocycles. The second-order valence-electron chi connectivity index (χ2n) is 4.57. The molecule has 92 valence electrons. The number of pyridine rings is 1. The highest BCUT2D eigenvalue weighted by Gasteiger charge is 2.20. The van der Waals surface area contributed by atoms with Gasteiger partial charge in [-0.25, -0.2) is 0 Å². The Kier molecular flexibility index (Phi) is 3.94. The number of nitrogens with two attached hydrogens (primary N) is 1. The number of anilines is 1. The molecule has 0 atom stereocenters. The van der Waals surface area contributed by atoms with E-state index < -0.39 is 0 Å². The van der Waals surface area contributed by atoms with E-state index in [1.807, 2.05) is 6.07 Å². The van der Waals surface area contributed by atoms with Crippen molar-refractivity contribution in [1.82, 2.24) is 4.98 Å². The molecule has 1 aliphatic heterocycles. The molecule has 3 nitrogen and oxygen atoms in total. The lowest BCUT2D eigenvalue weighted by Gasteiger charge is -2.33. The van der Waals surface area contributed by atoms with Gasteiger partial charge in [0.2, 0.25) is 0 Å². The number of rotatable bonds is 3. The molecule has 2 N–H and O–H groups in total. The summed E-state index contributed by atoms with van der Waals surface area (Å²) in [7, 11) is 0. The fourth-order valence-corrected chi connectivity index (χ4v) is 2.58. The molecule has 0 saturated carbocycles. The predicted octanol–water partition coefficient (Wildman–Crippen LogP) is 2.34. The molecule has 0 radical (unpaired) electrons. The summed E-state index contributed by atoms with van der Waals surface area (Å²) in [5.74, 6) is 0.871. The summed E-state index contributed by atoms with van der Waals surface area (Å²) < 4.78 is 0. The van der Waals surface area contributed by atoms with Gasteiger partial charge in [0, 0.05) is 19.3 Å². The van der Waals surface area contributed by atoms with Gasteiger partial charge < -0.3 is 10.6 Å². The number of thiocarbonyl (C=S) groups is 1. The van der Waals surface area contributed by atoms with Crippen LogP contribution in [0.1, 0.15) is 31.9 Å². The lowest BCUT2D eigenvalue weighted by atomic mass is 9.94. The third kappa shape index (κ3) is 2.75. The van der Waals surface area contributed by atoms with Crippen molar-refractivity contribution in [2.75, 3.05) is 18.0 Å². The second-order valence-corrected chi connectivity index (χ2v) is 5.01. The van der Waals surface area contributed by atoms with Crippen molar-refractivity contribution in [3.63, 3.8) is 0 Å². The van der Waals surface area contributed by atoms with E-state index in [1.165, 1.54) is 19.3 Å². The molecule has 0 bridgehead atoms. The molecule has 1 aromatic rings. The molecular weight excluding hydrogens is 230 g/mol. The first-order valence-corrected chi connectivity index (χ1v) is 6.63. The van der Waals surface area contributed by atoms with Crippen LogP contribution in [0.4, 0.5) is 5.69 Å². The van der Waals surface area contributed by atoms with Crippen LogP contribution in [0.3, 0.4) is 0 Å². The minimum Gasteiger partial charge on any atom is -0.388 e. The van der Waals surface area contributed by atoms with Crippen molar-refractivity contribution < 1.29 is 0 Å². The maximum Gasteiger partial charge on any atom is 0.124 e. The van der Waals surface area contributed by atoms with Crippen LogP contribution in [0.15, 0.2) is 18.3 Å². The Morgan fingerprint density at radius 2 is 2.24 bits per heavy atom. The molecule has 0 amide bonds. The van der Waals surface area contributed by atoms with Crippen LogP contribution in [0, 0.1) is 5.92 Å². The van der Waals surface area contributed by atoms with E-state index in [2.05, 4.69) is 22.9 Å². The molecular formula is C13H19N3S. The SMILES string of the molecule is CCC1CCN(c2cccnc2C(N)=S)CC1. The lowest BCUT2D eigenvalue weighted by Crippen LogP contribution is -2.35. The first-order chi connectivity index (χ1) is 8.22. The number of nitrogens with zero attached hydrogens (tertiary/aromatic N) is 2. The monoisotopic (exact) mass is 249 g/mol. The maximum atomic E-state index is 5.72. The van der Waals surface area contributed by atoms with Crippen LogP contribution in [0.2, 0.25) is 0 Å². The number of hydrogen-bond donors (Lipinski definition) is 1. The van der Waals surface area contributed by atoms with Gasteiger partial charge in [0.25, 0.3) is 0 Å². The summed E-state index contributed by atoms with van der Waals surface area (Å²) in [6.07, 6.45) is 5.53. The van der Waals surface area contributed by atoms with Crippen LogP contribution in [0.25, 0.3) is 0 Å². The smallest absolute Gasteiger partial charge is 0.124 e. The molecule has 1 saturated heterocycles. The van der Waals surface area contributed by atoms with Crippen molar-refractivity contribution in [2.24, 2.45) is 11.7 Å². The van der Waals surface area contributed by atoms with E-state index in [0.29, 0.717) is 4.99 Å². The van der Waals surface area contributed by atoms with E-state index in [9.17, 15) is 0 Å². The highest BCUT2D eigenvalue weighted by atomic mass is 32.1. The van der Waals surface area contributed by atoms with Gasteiger partial charge in [-0.15, -0.1) is 0 Å². The Labute approximate surface area is 108 Å². The van der Waals surface area contributed by atoms with E-state index in [-0.39, 0.29) is 0 Å². The molecule has 17 heavy (non-hydrogen) atoms. The normalized spacial score (nSPS) is 17.1. The Balaban J connectivity index is 2.15.